The van der Waals surface area contributed by atoms with E-state index in [-0.39, 0.29) is 0 Å². The zero-order valence-corrected chi connectivity index (χ0v) is 9.67. The summed E-state index contributed by atoms with van der Waals surface area (Å²) < 4.78 is 5.85. The number of hydrogen-bond donors (Lipinski definition) is 1. The van der Waals surface area contributed by atoms with E-state index in [9.17, 15) is 0 Å². The van der Waals surface area contributed by atoms with Crippen LogP contribution in [0.5, 0.6) is 0 Å². The molecule has 84 valence electrons. The first-order valence-electron chi connectivity index (χ1n) is 6.05. The zero-order chi connectivity index (χ0) is 10.4. The minimum Gasteiger partial charge on any atom is -0.378 e. The largest absolute Gasteiger partial charge is 0.378 e. The standard InChI is InChI=1S/C12H25NO/c1-10-5-3-7-12(9-10)14-8-4-6-11(2)13/h10-12H,3-9,13H2,1-2H3. The maximum atomic E-state index is 5.85. The Morgan fingerprint density at radius 2 is 2.21 bits per heavy atom. The lowest BCUT2D eigenvalue weighted by molar-refractivity contribution is 0.0135. The molecule has 0 aliphatic heterocycles. The number of nitrogens with two attached hydrogens (primary N) is 1. The second kappa shape index (κ2) is 6.41. The Hall–Kier alpha value is -0.0800. The van der Waals surface area contributed by atoms with E-state index < -0.39 is 0 Å². The monoisotopic (exact) mass is 199 g/mol. The van der Waals surface area contributed by atoms with E-state index in [0.29, 0.717) is 12.1 Å². The van der Waals surface area contributed by atoms with E-state index in [4.69, 9.17) is 10.5 Å². The van der Waals surface area contributed by atoms with E-state index in [1.165, 1.54) is 25.7 Å². The van der Waals surface area contributed by atoms with E-state index in [1.807, 2.05) is 0 Å². The van der Waals surface area contributed by atoms with Gasteiger partial charge in [-0.3, -0.25) is 0 Å². The van der Waals surface area contributed by atoms with Gasteiger partial charge in [0.25, 0.3) is 0 Å². The van der Waals surface area contributed by atoms with Gasteiger partial charge in [-0.25, -0.2) is 0 Å². The fraction of sp³-hybridized carbons (Fsp3) is 1.00. The van der Waals surface area contributed by atoms with Crippen LogP contribution in [0.25, 0.3) is 0 Å². The molecule has 14 heavy (non-hydrogen) atoms. The summed E-state index contributed by atoms with van der Waals surface area (Å²) in [4.78, 5) is 0. The quantitative estimate of drug-likeness (QED) is 0.691. The lowest BCUT2D eigenvalue weighted by Gasteiger charge is -2.26. The second-order valence-corrected chi connectivity index (χ2v) is 4.88. The summed E-state index contributed by atoms with van der Waals surface area (Å²) in [6.07, 6.45) is 8.00. The van der Waals surface area contributed by atoms with Crippen molar-refractivity contribution in [2.45, 2.75) is 64.5 Å². The second-order valence-electron chi connectivity index (χ2n) is 4.88. The van der Waals surface area contributed by atoms with Crippen molar-refractivity contribution >= 4 is 0 Å². The molecule has 3 atom stereocenters. The molecule has 1 aliphatic carbocycles. The predicted octanol–water partition coefficient (Wildman–Crippen LogP) is 2.71. The van der Waals surface area contributed by atoms with Gasteiger partial charge >= 0.3 is 0 Å². The summed E-state index contributed by atoms with van der Waals surface area (Å²) in [6.45, 7) is 5.29. The molecule has 0 aromatic heterocycles. The molecule has 0 spiro atoms. The topological polar surface area (TPSA) is 35.2 Å². The number of rotatable bonds is 5. The number of ether oxygens (including phenoxy) is 1. The highest BCUT2D eigenvalue weighted by Gasteiger charge is 2.18. The normalized spacial score (nSPS) is 30.2. The molecule has 0 amide bonds. The van der Waals surface area contributed by atoms with Crippen LogP contribution in [0.2, 0.25) is 0 Å². The lowest BCUT2D eigenvalue weighted by atomic mass is 9.89. The Morgan fingerprint density at radius 3 is 2.86 bits per heavy atom. The Bertz CT molecular complexity index is 147. The lowest BCUT2D eigenvalue weighted by Crippen LogP contribution is -2.22. The first-order valence-corrected chi connectivity index (χ1v) is 6.05. The molecule has 0 bridgehead atoms. The maximum absolute atomic E-state index is 5.85. The van der Waals surface area contributed by atoms with Crippen molar-refractivity contribution in [1.29, 1.82) is 0 Å². The molecule has 0 aromatic carbocycles. The molecular formula is C12H25NO. The summed E-state index contributed by atoms with van der Waals surface area (Å²) >= 11 is 0. The van der Waals surface area contributed by atoms with Crippen LogP contribution in [-0.4, -0.2) is 18.8 Å². The van der Waals surface area contributed by atoms with Crippen molar-refractivity contribution in [3.63, 3.8) is 0 Å². The summed E-state index contributed by atoms with van der Waals surface area (Å²) in [7, 11) is 0. The fourth-order valence-electron chi connectivity index (χ4n) is 2.19. The molecule has 0 heterocycles. The van der Waals surface area contributed by atoms with Crippen molar-refractivity contribution < 1.29 is 4.74 Å². The van der Waals surface area contributed by atoms with Gasteiger partial charge in [0.1, 0.15) is 0 Å². The van der Waals surface area contributed by atoms with Crippen LogP contribution >= 0.6 is 0 Å². The van der Waals surface area contributed by atoms with Crippen molar-refractivity contribution in [1.82, 2.24) is 0 Å². The van der Waals surface area contributed by atoms with Crippen LogP contribution in [0.3, 0.4) is 0 Å². The van der Waals surface area contributed by atoms with E-state index in [0.717, 1.165) is 25.4 Å². The highest BCUT2D eigenvalue weighted by atomic mass is 16.5. The van der Waals surface area contributed by atoms with Crippen molar-refractivity contribution in [3.05, 3.63) is 0 Å². The van der Waals surface area contributed by atoms with Crippen LogP contribution in [0, 0.1) is 5.92 Å². The summed E-state index contributed by atoms with van der Waals surface area (Å²) in [5.41, 5.74) is 5.68. The minimum absolute atomic E-state index is 0.323. The van der Waals surface area contributed by atoms with Crippen LogP contribution in [-0.2, 0) is 4.74 Å². The zero-order valence-electron chi connectivity index (χ0n) is 9.67. The molecular weight excluding hydrogens is 174 g/mol. The molecule has 2 heteroatoms. The van der Waals surface area contributed by atoms with Crippen LogP contribution in [0.4, 0.5) is 0 Å². The highest BCUT2D eigenvalue weighted by molar-refractivity contribution is 4.70. The number of hydrogen-bond acceptors (Lipinski definition) is 2. The third-order valence-electron chi connectivity index (χ3n) is 3.05. The average molecular weight is 199 g/mol. The van der Waals surface area contributed by atoms with Crippen LogP contribution in [0.15, 0.2) is 0 Å². The maximum Gasteiger partial charge on any atom is 0.0577 e. The van der Waals surface area contributed by atoms with Crippen LogP contribution < -0.4 is 5.73 Å². The van der Waals surface area contributed by atoms with Gasteiger partial charge in [-0.2, -0.15) is 0 Å². The summed E-state index contributed by atoms with van der Waals surface area (Å²) in [5.74, 6) is 0.863. The Labute approximate surface area is 88.2 Å². The third-order valence-corrected chi connectivity index (χ3v) is 3.05. The van der Waals surface area contributed by atoms with Crippen molar-refractivity contribution in [2.75, 3.05) is 6.61 Å². The van der Waals surface area contributed by atoms with Crippen molar-refractivity contribution in [2.24, 2.45) is 11.7 Å². The average Bonchev–Trinajstić information content (AvgIpc) is 2.12. The van der Waals surface area contributed by atoms with Gasteiger partial charge in [-0.1, -0.05) is 19.8 Å². The molecule has 0 radical (unpaired) electrons. The SMILES string of the molecule is CC(N)CCCOC1CCCC(C)C1. The first kappa shape index (κ1) is 12.0. The van der Waals surface area contributed by atoms with E-state index >= 15 is 0 Å². The summed E-state index contributed by atoms with van der Waals surface area (Å²) in [5, 5.41) is 0. The van der Waals surface area contributed by atoms with Gasteiger partial charge in [0.15, 0.2) is 0 Å². The molecule has 0 saturated heterocycles. The van der Waals surface area contributed by atoms with Gasteiger partial charge in [0, 0.05) is 12.6 Å². The molecule has 2 nitrogen and oxygen atoms in total. The fourth-order valence-corrected chi connectivity index (χ4v) is 2.19. The minimum atomic E-state index is 0.323. The first-order chi connectivity index (χ1) is 6.68. The van der Waals surface area contributed by atoms with Crippen LogP contribution in [0.1, 0.15) is 52.4 Å². The molecule has 2 N–H and O–H groups in total. The summed E-state index contributed by atoms with van der Waals surface area (Å²) in [6, 6.07) is 0.323. The highest BCUT2D eigenvalue weighted by Crippen LogP contribution is 2.25. The van der Waals surface area contributed by atoms with Crippen molar-refractivity contribution in [3.8, 4) is 0 Å². The van der Waals surface area contributed by atoms with Gasteiger partial charge in [-0.15, -0.1) is 0 Å². The Morgan fingerprint density at radius 1 is 1.43 bits per heavy atom. The molecule has 0 aromatic rings. The molecule has 1 aliphatic rings. The van der Waals surface area contributed by atoms with E-state index in [1.54, 1.807) is 0 Å². The molecule has 3 unspecified atom stereocenters. The van der Waals surface area contributed by atoms with E-state index in [2.05, 4.69) is 13.8 Å². The van der Waals surface area contributed by atoms with Gasteiger partial charge in [0.2, 0.25) is 0 Å². The smallest absolute Gasteiger partial charge is 0.0577 e. The molecule has 1 rings (SSSR count). The molecule has 1 saturated carbocycles. The van der Waals surface area contributed by atoms with Gasteiger partial charge in [0.05, 0.1) is 6.10 Å². The third kappa shape index (κ3) is 4.97. The molecule has 1 fully saturated rings. The Balaban J connectivity index is 2.00. The predicted molar refractivity (Wildman–Crippen MR) is 60.3 cm³/mol. The Kier molecular flexibility index (Phi) is 5.49. The van der Waals surface area contributed by atoms with Gasteiger partial charge < -0.3 is 10.5 Å². The van der Waals surface area contributed by atoms with Gasteiger partial charge in [-0.05, 0) is 38.5 Å².